The van der Waals surface area contributed by atoms with E-state index < -0.39 is 10.0 Å². The van der Waals surface area contributed by atoms with Crippen molar-refractivity contribution in [3.63, 3.8) is 0 Å². The largest absolute Gasteiger partial charge is 0.339 e. The molecule has 4 heterocycles. The Morgan fingerprint density at radius 3 is 2.13 bits per heavy atom. The van der Waals surface area contributed by atoms with Gasteiger partial charge in [0, 0.05) is 55.8 Å². The van der Waals surface area contributed by atoms with Crippen molar-refractivity contribution in [2.45, 2.75) is 82.7 Å². The first kappa shape index (κ1) is 28.3. The summed E-state index contributed by atoms with van der Waals surface area (Å²) in [6.45, 7) is 8.60. The van der Waals surface area contributed by atoms with Crippen molar-refractivity contribution in [3.05, 3.63) is 45.8 Å². The van der Waals surface area contributed by atoms with Crippen molar-refractivity contribution in [2.75, 3.05) is 38.0 Å². The predicted molar refractivity (Wildman–Crippen MR) is 155 cm³/mol. The van der Waals surface area contributed by atoms with Gasteiger partial charge in [0.15, 0.2) is 0 Å². The first-order valence-corrected chi connectivity index (χ1v) is 16.6. The number of hydrogen-bond donors (Lipinski definition) is 1. The van der Waals surface area contributed by atoms with Gasteiger partial charge in [0.25, 0.3) is 11.8 Å². The molecule has 8 nitrogen and oxygen atoms in total. The number of benzene rings is 1. The summed E-state index contributed by atoms with van der Waals surface area (Å²) in [7, 11) is -3.58. The number of amides is 2. The summed E-state index contributed by atoms with van der Waals surface area (Å²) in [5.74, 6) is -0.319. The van der Waals surface area contributed by atoms with Crippen LogP contribution in [0.5, 0.6) is 0 Å². The number of sulfonamides is 1. The van der Waals surface area contributed by atoms with Crippen molar-refractivity contribution >= 4 is 38.2 Å². The van der Waals surface area contributed by atoms with Crippen LogP contribution in [0, 0.1) is 0 Å². The molecule has 0 unspecified atom stereocenters. The molecule has 0 spiro atoms. The van der Waals surface area contributed by atoms with E-state index in [9.17, 15) is 18.0 Å². The SMILES string of the molecule is CC(C)N1CCc2c(sc(NC(=O)c3ccc(S(=O)(=O)N4CCCCCC4)cc3)c2C(=O)N2CCCCC2)C1. The Kier molecular flexibility index (Phi) is 8.75. The van der Waals surface area contributed by atoms with E-state index in [1.807, 2.05) is 4.90 Å². The van der Waals surface area contributed by atoms with Crippen LogP contribution < -0.4 is 5.32 Å². The van der Waals surface area contributed by atoms with Gasteiger partial charge >= 0.3 is 0 Å². The van der Waals surface area contributed by atoms with E-state index in [2.05, 4.69) is 24.1 Å². The van der Waals surface area contributed by atoms with Crippen molar-refractivity contribution in [2.24, 2.45) is 0 Å². The van der Waals surface area contributed by atoms with Gasteiger partial charge in [0.1, 0.15) is 5.00 Å². The molecular weight excluding hydrogens is 532 g/mol. The summed E-state index contributed by atoms with van der Waals surface area (Å²) in [4.78, 5) is 32.7. The first-order valence-electron chi connectivity index (χ1n) is 14.3. The van der Waals surface area contributed by atoms with E-state index in [-0.39, 0.29) is 16.7 Å². The van der Waals surface area contributed by atoms with E-state index in [0.717, 1.165) is 88.0 Å². The molecular formula is C29H40N4O4S2. The van der Waals surface area contributed by atoms with Gasteiger partial charge in [-0.1, -0.05) is 12.8 Å². The lowest BCUT2D eigenvalue weighted by molar-refractivity contribution is 0.0723. The summed E-state index contributed by atoms with van der Waals surface area (Å²) in [6, 6.07) is 6.59. The lowest BCUT2D eigenvalue weighted by atomic mass is 10.00. The van der Waals surface area contributed by atoms with Gasteiger partial charge in [0.05, 0.1) is 10.5 Å². The minimum atomic E-state index is -3.58. The Morgan fingerprint density at radius 1 is 0.872 bits per heavy atom. The standard InChI is InChI=1S/C29H40N4O4S2/c1-21(2)32-19-14-24-25(20-32)38-28(26(24)29(35)31-15-6-5-7-16-31)30-27(34)22-10-12-23(13-11-22)39(36,37)33-17-8-3-4-9-18-33/h10-13,21H,3-9,14-20H2,1-2H3,(H,30,34). The zero-order chi connectivity index (χ0) is 27.6. The van der Waals surface area contributed by atoms with Crippen LogP contribution in [0.1, 0.15) is 89.9 Å². The molecule has 2 fully saturated rings. The Hall–Kier alpha value is -2.27. The third kappa shape index (κ3) is 6.09. The maximum absolute atomic E-state index is 13.7. The maximum Gasteiger partial charge on any atom is 0.257 e. The minimum Gasteiger partial charge on any atom is -0.339 e. The summed E-state index contributed by atoms with van der Waals surface area (Å²) in [6.07, 6.45) is 7.79. The van der Waals surface area contributed by atoms with Crippen LogP contribution in [0.25, 0.3) is 0 Å². The average molecular weight is 573 g/mol. The predicted octanol–water partition coefficient (Wildman–Crippen LogP) is 4.96. The highest BCUT2D eigenvalue weighted by molar-refractivity contribution is 7.89. The molecule has 2 aromatic rings. The molecule has 1 aromatic carbocycles. The van der Waals surface area contributed by atoms with E-state index >= 15 is 0 Å². The summed E-state index contributed by atoms with van der Waals surface area (Å²) >= 11 is 1.50. The number of nitrogens with one attached hydrogen (secondary N) is 1. The number of fused-ring (bicyclic) bond motifs is 1. The van der Waals surface area contributed by atoms with Gasteiger partial charge in [-0.25, -0.2) is 8.42 Å². The molecule has 0 radical (unpaired) electrons. The molecule has 2 amide bonds. The van der Waals surface area contributed by atoms with E-state index in [1.54, 1.807) is 16.4 Å². The van der Waals surface area contributed by atoms with E-state index in [4.69, 9.17) is 0 Å². The maximum atomic E-state index is 13.7. The van der Waals surface area contributed by atoms with Crippen LogP contribution in [0.4, 0.5) is 5.00 Å². The fourth-order valence-electron chi connectivity index (χ4n) is 5.82. The van der Waals surface area contributed by atoms with Crippen LogP contribution in [0.2, 0.25) is 0 Å². The topological polar surface area (TPSA) is 90.0 Å². The minimum absolute atomic E-state index is 0.0133. The Morgan fingerprint density at radius 2 is 1.49 bits per heavy atom. The molecule has 5 rings (SSSR count). The number of piperidine rings is 1. The van der Waals surface area contributed by atoms with Crippen LogP contribution in [0.15, 0.2) is 29.2 Å². The van der Waals surface area contributed by atoms with Crippen molar-refractivity contribution in [1.82, 2.24) is 14.1 Å². The average Bonchev–Trinajstić information content (AvgIpc) is 3.09. The molecule has 0 bridgehead atoms. The number of thiophene rings is 1. The molecule has 2 saturated heterocycles. The second kappa shape index (κ2) is 12.1. The lowest BCUT2D eigenvalue weighted by Crippen LogP contribution is -2.38. The first-order chi connectivity index (χ1) is 18.8. The van der Waals surface area contributed by atoms with Crippen LogP contribution >= 0.6 is 11.3 Å². The van der Waals surface area contributed by atoms with Gasteiger partial charge in [0.2, 0.25) is 10.0 Å². The van der Waals surface area contributed by atoms with Gasteiger partial charge in [-0.2, -0.15) is 4.31 Å². The van der Waals surface area contributed by atoms with E-state index in [0.29, 0.717) is 35.3 Å². The molecule has 1 N–H and O–H groups in total. The highest BCUT2D eigenvalue weighted by atomic mass is 32.2. The molecule has 3 aliphatic rings. The fourth-order valence-corrected chi connectivity index (χ4v) is 8.60. The van der Waals surface area contributed by atoms with Crippen molar-refractivity contribution in [1.29, 1.82) is 0 Å². The number of carbonyl (C=O) groups is 2. The molecule has 212 valence electrons. The normalized spacial score (nSPS) is 19.5. The molecule has 10 heteroatoms. The number of hydrogen-bond acceptors (Lipinski definition) is 6. The fraction of sp³-hybridized carbons (Fsp3) is 0.586. The number of anilines is 1. The van der Waals surface area contributed by atoms with Gasteiger partial charge in [-0.05, 0) is 82.2 Å². The molecule has 3 aliphatic heterocycles. The number of likely N-dealkylation sites (tertiary alicyclic amines) is 1. The Labute approximate surface area is 236 Å². The van der Waals surface area contributed by atoms with Gasteiger partial charge in [-0.3, -0.25) is 14.5 Å². The summed E-state index contributed by atoms with van der Waals surface area (Å²) in [5.41, 5.74) is 2.09. The second-order valence-corrected chi connectivity index (χ2v) is 14.2. The van der Waals surface area contributed by atoms with Crippen LogP contribution in [-0.2, 0) is 23.0 Å². The van der Waals surface area contributed by atoms with Crippen molar-refractivity contribution < 1.29 is 18.0 Å². The van der Waals surface area contributed by atoms with Crippen molar-refractivity contribution in [3.8, 4) is 0 Å². The quantitative estimate of drug-likeness (QED) is 0.529. The molecule has 0 aliphatic carbocycles. The zero-order valence-corrected chi connectivity index (χ0v) is 24.7. The number of nitrogens with zero attached hydrogens (tertiary/aromatic N) is 3. The highest BCUT2D eigenvalue weighted by Gasteiger charge is 2.32. The second-order valence-electron chi connectivity index (χ2n) is 11.2. The van der Waals surface area contributed by atoms with Crippen LogP contribution in [0.3, 0.4) is 0 Å². The Bertz CT molecular complexity index is 1290. The Balaban J connectivity index is 1.38. The lowest BCUT2D eigenvalue weighted by Gasteiger charge is -2.31. The molecule has 0 atom stereocenters. The monoisotopic (exact) mass is 572 g/mol. The third-order valence-electron chi connectivity index (χ3n) is 8.22. The molecule has 39 heavy (non-hydrogen) atoms. The zero-order valence-electron chi connectivity index (χ0n) is 23.1. The number of rotatable bonds is 6. The van der Waals surface area contributed by atoms with Crippen LogP contribution in [-0.4, -0.2) is 73.1 Å². The van der Waals surface area contributed by atoms with Gasteiger partial charge in [-0.15, -0.1) is 11.3 Å². The number of carbonyl (C=O) groups excluding carboxylic acids is 2. The summed E-state index contributed by atoms with van der Waals surface area (Å²) < 4.78 is 27.9. The third-order valence-corrected chi connectivity index (χ3v) is 11.3. The summed E-state index contributed by atoms with van der Waals surface area (Å²) in [5, 5.41) is 3.64. The highest BCUT2D eigenvalue weighted by Crippen LogP contribution is 2.39. The smallest absolute Gasteiger partial charge is 0.257 e. The molecule has 0 saturated carbocycles. The van der Waals surface area contributed by atoms with Gasteiger partial charge < -0.3 is 10.2 Å². The molecule has 1 aromatic heterocycles. The van der Waals surface area contributed by atoms with E-state index in [1.165, 1.54) is 23.5 Å².